The van der Waals surface area contributed by atoms with Gasteiger partial charge in [-0.1, -0.05) is 6.07 Å². The summed E-state index contributed by atoms with van der Waals surface area (Å²) >= 11 is 0. The molecule has 6 heteroatoms. The number of rotatable bonds is 4. The van der Waals surface area contributed by atoms with Crippen molar-refractivity contribution in [3.05, 3.63) is 52.2 Å². The lowest BCUT2D eigenvalue weighted by atomic mass is 9.93. The number of carbonyl (C=O) groups excluding carboxylic acids is 1. The van der Waals surface area contributed by atoms with E-state index in [0.717, 1.165) is 37.3 Å². The van der Waals surface area contributed by atoms with E-state index >= 15 is 0 Å². The normalized spacial score (nSPS) is 15.8. The lowest BCUT2D eigenvalue weighted by molar-refractivity contribution is -0.132. The Morgan fingerprint density at radius 3 is 2.78 bits per heavy atom. The largest absolute Gasteiger partial charge is 0.343 e. The minimum Gasteiger partial charge on any atom is -0.343 e. The molecule has 1 fully saturated rings. The summed E-state index contributed by atoms with van der Waals surface area (Å²) in [5.41, 5.74) is 2.12. The highest BCUT2D eigenvalue weighted by molar-refractivity contribution is 5.76. The molecular weight excluding hydrogens is 292 g/mol. The zero-order valence-electron chi connectivity index (χ0n) is 13.4. The number of likely N-dealkylation sites (tertiary alicyclic amines) is 1. The molecule has 3 rings (SSSR count). The van der Waals surface area contributed by atoms with Gasteiger partial charge in [-0.15, -0.1) is 0 Å². The Balaban J connectivity index is 1.50. The Hall–Kier alpha value is -2.37. The number of piperidine rings is 1. The van der Waals surface area contributed by atoms with Crippen molar-refractivity contribution in [2.45, 2.75) is 38.6 Å². The summed E-state index contributed by atoms with van der Waals surface area (Å²) in [5, 5.41) is 7.31. The summed E-state index contributed by atoms with van der Waals surface area (Å²) in [6.07, 6.45) is 3.99. The van der Waals surface area contributed by atoms with Crippen LogP contribution >= 0.6 is 0 Å². The quantitative estimate of drug-likeness (QED) is 0.933. The molecule has 0 spiro atoms. The van der Waals surface area contributed by atoms with Crippen LogP contribution in [-0.2, 0) is 11.3 Å². The van der Waals surface area contributed by atoms with Crippen molar-refractivity contribution >= 4 is 5.91 Å². The van der Waals surface area contributed by atoms with Crippen molar-refractivity contribution in [1.82, 2.24) is 19.7 Å². The molecular formula is C17H22N4O2. The minimum atomic E-state index is -0.0621. The van der Waals surface area contributed by atoms with Gasteiger partial charge in [0.25, 0.3) is 5.56 Å². The van der Waals surface area contributed by atoms with Gasteiger partial charge >= 0.3 is 0 Å². The fourth-order valence-corrected chi connectivity index (χ4v) is 3.09. The average Bonchev–Trinajstić information content (AvgIpc) is 3.00. The van der Waals surface area contributed by atoms with E-state index in [9.17, 15) is 9.59 Å². The van der Waals surface area contributed by atoms with Crippen LogP contribution in [-0.4, -0.2) is 38.7 Å². The van der Waals surface area contributed by atoms with Crippen LogP contribution in [0.25, 0.3) is 0 Å². The fourth-order valence-electron chi connectivity index (χ4n) is 3.09. The van der Waals surface area contributed by atoms with Crippen LogP contribution in [0.15, 0.2) is 35.3 Å². The molecule has 2 aromatic rings. The SMILES string of the molecule is Cc1cc(C2CCN(C(=O)CCn3ccccc3=O)CC2)n[nH]1. The number of amides is 1. The Kier molecular flexibility index (Phi) is 4.60. The molecule has 122 valence electrons. The third-order valence-corrected chi connectivity index (χ3v) is 4.46. The second-order valence-corrected chi connectivity index (χ2v) is 6.11. The number of nitrogens with zero attached hydrogens (tertiary/aromatic N) is 3. The van der Waals surface area contributed by atoms with Gasteiger partial charge < -0.3 is 9.47 Å². The van der Waals surface area contributed by atoms with Crippen LogP contribution in [0.1, 0.15) is 36.6 Å². The molecule has 0 radical (unpaired) electrons. The Morgan fingerprint density at radius 2 is 2.13 bits per heavy atom. The third kappa shape index (κ3) is 3.70. The van der Waals surface area contributed by atoms with Crippen molar-refractivity contribution in [2.24, 2.45) is 0 Å². The van der Waals surface area contributed by atoms with Gasteiger partial charge in [0, 0.05) is 49.9 Å². The van der Waals surface area contributed by atoms with E-state index in [-0.39, 0.29) is 11.5 Å². The summed E-state index contributed by atoms with van der Waals surface area (Å²) in [4.78, 5) is 25.9. The molecule has 23 heavy (non-hydrogen) atoms. The lowest BCUT2D eigenvalue weighted by Crippen LogP contribution is -2.38. The number of aromatic nitrogens is 3. The van der Waals surface area contributed by atoms with Crippen LogP contribution in [0.5, 0.6) is 0 Å². The molecule has 2 aromatic heterocycles. The molecule has 0 unspecified atom stereocenters. The van der Waals surface area contributed by atoms with E-state index in [4.69, 9.17) is 0 Å². The van der Waals surface area contributed by atoms with Gasteiger partial charge in [-0.3, -0.25) is 14.7 Å². The average molecular weight is 314 g/mol. The van der Waals surface area contributed by atoms with E-state index in [1.54, 1.807) is 16.8 Å². The predicted octanol–water partition coefficient (Wildman–Crippen LogP) is 1.68. The Morgan fingerprint density at radius 1 is 1.35 bits per heavy atom. The summed E-state index contributed by atoms with van der Waals surface area (Å²) in [7, 11) is 0. The first-order chi connectivity index (χ1) is 11.1. The first-order valence-corrected chi connectivity index (χ1v) is 8.08. The van der Waals surface area contributed by atoms with Gasteiger partial charge in [0.2, 0.25) is 5.91 Å². The standard InChI is InChI=1S/C17H22N4O2/c1-13-12-15(19-18-13)14-5-9-21(10-6-14)17(23)7-11-20-8-3-2-4-16(20)22/h2-4,8,12,14H,5-7,9-11H2,1H3,(H,18,19). The van der Waals surface area contributed by atoms with Gasteiger partial charge in [0.1, 0.15) is 0 Å². The van der Waals surface area contributed by atoms with Crippen LogP contribution in [0.4, 0.5) is 0 Å². The summed E-state index contributed by atoms with van der Waals surface area (Å²) < 4.78 is 1.58. The molecule has 0 aromatic carbocycles. The molecule has 0 aliphatic carbocycles. The van der Waals surface area contributed by atoms with Crippen LogP contribution in [0.2, 0.25) is 0 Å². The number of hydrogen-bond donors (Lipinski definition) is 1. The highest BCUT2D eigenvalue weighted by atomic mass is 16.2. The zero-order valence-corrected chi connectivity index (χ0v) is 13.4. The molecule has 1 aliphatic rings. The number of H-pyrrole nitrogens is 1. The van der Waals surface area contributed by atoms with Gasteiger partial charge in [-0.25, -0.2) is 0 Å². The molecule has 0 saturated carbocycles. The smallest absolute Gasteiger partial charge is 0.250 e. The highest BCUT2D eigenvalue weighted by Gasteiger charge is 2.24. The molecule has 3 heterocycles. The van der Waals surface area contributed by atoms with E-state index in [1.807, 2.05) is 17.9 Å². The van der Waals surface area contributed by atoms with Crippen molar-refractivity contribution in [1.29, 1.82) is 0 Å². The monoisotopic (exact) mass is 314 g/mol. The number of hydrogen-bond acceptors (Lipinski definition) is 3. The lowest BCUT2D eigenvalue weighted by Gasteiger charge is -2.31. The fraction of sp³-hybridized carbons (Fsp3) is 0.471. The predicted molar refractivity (Wildman–Crippen MR) is 87.2 cm³/mol. The van der Waals surface area contributed by atoms with Gasteiger partial charge in [0.15, 0.2) is 0 Å². The molecule has 1 N–H and O–H groups in total. The van der Waals surface area contributed by atoms with E-state index in [0.29, 0.717) is 18.9 Å². The first kappa shape index (κ1) is 15.5. The number of pyridine rings is 1. The maximum Gasteiger partial charge on any atom is 0.250 e. The molecule has 0 bridgehead atoms. The molecule has 6 nitrogen and oxygen atoms in total. The first-order valence-electron chi connectivity index (χ1n) is 8.08. The maximum atomic E-state index is 12.3. The van der Waals surface area contributed by atoms with Crippen LogP contribution in [0.3, 0.4) is 0 Å². The highest BCUT2D eigenvalue weighted by Crippen LogP contribution is 2.27. The summed E-state index contributed by atoms with van der Waals surface area (Å²) in [6, 6.07) is 7.12. The molecule has 1 aliphatic heterocycles. The van der Waals surface area contributed by atoms with Gasteiger partial charge in [0.05, 0.1) is 5.69 Å². The summed E-state index contributed by atoms with van der Waals surface area (Å²) in [6.45, 7) is 3.97. The number of nitrogens with one attached hydrogen (secondary N) is 1. The van der Waals surface area contributed by atoms with E-state index in [1.165, 1.54) is 6.07 Å². The van der Waals surface area contributed by atoms with Crippen LogP contribution in [0, 0.1) is 6.92 Å². The maximum absolute atomic E-state index is 12.3. The van der Waals surface area contributed by atoms with E-state index < -0.39 is 0 Å². The van der Waals surface area contributed by atoms with Gasteiger partial charge in [-0.05, 0) is 31.9 Å². The number of carbonyl (C=O) groups is 1. The van der Waals surface area contributed by atoms with Crippen LogP contribution < -0.4 is 5.56 Å². The summed E-state index contributed by atoms with van der Waals surface area (Å²) in [5.74, 6) is 0.554. The van der Waals surface area contributed by atoms with Crippen molar-refractivity contribution in [3.8, 4) is 0 Å². The van der Waals surface area contributed by atoms with E-state index in [2.05, 4.69) is 16.3 Å². The molecule has 0 atom stereocenters. The number of aryl methyl sites for hydroxylation is 2. The Bertz CT molecular complexity index is 726. The van der Waals surface area contributed by atoms with Crippen molar-refractivity contribution in [3.63, 3.8) is 0 Å². The van der Waals surface area contributed by atoms with Crippen molar-refractivity contribution in [2.75, 3.05) is 13.1 Å². The Labute approximate surface area is 135 Å². The zero-order chi connectivity index (χ0) is 16.2. The second-order valence-electron chi connectivity index (χ2n) is 6.11. The molecule has 1 amide bonds. The topological polar surface area (TPSA) is 71.0 Å². The second kappa shape index (κ2) is 6.81. The minimum absolute atomic E-state index is 0.0621. The van der Waals surface area contributed by atoms with Crippen molar-refractivity contribution < 1.29 is 4.79 Å². The molecule has 1 saturated heterocycles. The van der Waals surface area contributed by atoms with Gasteiger partial charge in [-0.2, -0.15) is 5.10 Å². The third-order valence-electron chi connectivity index (χ3n) is 4.46. The number of aromatic amines is 1.